The molecule has 1 saturated heterocycles. The van der Waals surface area contributed by atoms with Crippen LogP contribution in [0.3, 0.4) is 0 Å². The summed E-state index contributed by atoms with van der Waals surface area (Å²) in [6, 6.07) is 10.1. The molecule has 2 N–H and O–H groups in total. The summed E-state index contributed by atoms with van der Waals surface area (Å²) in [5, 5.41) is 5.54. The Labute approximate surface area is 176 Å². The number of rotatable bonds is 6. The highest BCUT2D eigenvalue weighted by Gasteiger charge is 2.22. The molecule has 1 aromatic carbocycles. The maximum absolute atomic E-state index is 12.1. The van der Waals surface area contributed by atoms with Gasteiger partial charge in [0.2, 0.25) is 0 Å². The average molecular weight is 412 g/mol. The molecule has 1 aliphatic rings. The van der Waals surface area contributed by atoms with Crippen LogP contribution in [-0.2, 0) is 16.0 Å². The lowest BCUT2D eigenvalue weighted by Gasteiger charge is -2.36. The topological polar surface area (TPSA) is 92.8 Å². The van der Waals surface area contributed by atoms with Crippen molar-refractivity contribution in [3.8, 4) is 0 Å². The van der Waals surface area contributed by atoms with E-state index in [0.717, 1.165) is 24.5 Å². The molecule has 1 aliphatic heterocycles. The summed E-state index contributed by atoms with van der Waals surface area (Å²) in [6.07, 6.45) is 2.12. The van der Waals surface area contributed by atoms with Crippen LogP contribution in [0, 0.1) is 0 Å². The molecule has 0 saturated carbocycles. The molecule has 3 rings (SSSR count). The molecule has 2 amide bonds. The van der Waals surface area contributed by atoms with Crippen LogP contribution in [0.5, 0.6) is 0 Å². The number of esters is 1. The van der Waals surface area contributed by atoms with E-state index in [0.29, 0.717) is 24.4 Å². The van der Waals surface area contributed by atoms with Gasteiger partial charge in [-0.3, -0.25) is 0 Å². The van der Waals surface area contributed by atoms with Gasteiger partial charge in [-0.05, 0) is 56.7 Å². The van der Waals surface area contributed by atoms with Crippen molar-refractivity contribution in [1.29, 1.82) is 0 Å². The first-order valence-electron chi connectivity index (χ1n) is 10.1. The van der Waals surface area contributed by atoms with Gasteiger partial charge < -0.3 is 25.0 Å². The first kappa shape index (κ1) is 21.6. The lowest BCUT2D eigenvalue weighted by Crippen LogP contribution is -2.45. The Morgan fingerprint density at radius 1 is 1.13 bits per heavy atom. The number of pyridine rings is 1. The van der Waals surface area contributed by atoms with Crippen molar-refractivity contribution >= 4 is 23.5 Å². The van der Waals surface area contributed by atoms with Crippen LogP contribution in [0.1, 0.15) is 36.7 Å². The van der Waals surface area contributed by atoms with Crippen LogP contribution in [0.2, 0.25) is 0 Å². The van der Waals surface area contributed by atoms with E-state index < -0.39 is 0 Å². The molecule has 30 heavy (non-hydrogen) atoms. The molecule has 1 fully saturated rings. The minimum Gasteiger partial charge on any atom is -0.462 e. The summed E-state index contributed by atoms with van der Waals surface area (Å²) in [6.45, 7) is 8.18. The number of benzene rings is 1. The number of hydrogen-bond acceptors (Lipinski definition) is 6. The van der Waals surface area contributed by atoms with Crippen molar-refractivity contribution in [3.63, 3.8) is 0 Å². The third-order valence-corrected chi connectivity index (χ3v) is 4.66. The Hall–Kier alpha value is -3.13. The van der Waals surface area contributed by atoms with E-state index in [1.54, 1.807) is 37.4 Å². The summed E-state index contributed by atoms with van der Waals surface area (Å²) >= 11 is 0. The Kier molecular flexibility index (Phi) is 7.24. The van der Waals surface area contributed by atoms with Gasteiger partial charge in [-0.2, -0.15) is 0 Å². The quantitative estimate of drug-likeness (QED) is 0.708. The molecule has 160 valence electrons. The SMILES string of the molecule is CCOC(=O)c1ccc(NC(=O)NCc2ccc(N3C[C@@H](C)O[C@@H](C)C3)nc2)cc1. The number of urea groups is 1. The zero-order valence-electron chi connectivity index (χ0n) is 17.6. The molecule has 1 aromatic heterocycles. The zero-order valence-corrected chi connectivity index (χ0v) is 17.6. The Morgan fingerprint density at radius 3 is 2.43 bits per heavy atom. The van der Waals surface area contributed by atoms with Gasteiger partial charge in [-0.1, -0.05) is 6.07 Å². The highest BCUT2D eigenvalue weighted by molar-refractivity contribution is 5.92. The molecular formula is C22H28N4O4. The van der Waals surface area contributed by atoms with Crippen LogP contribution >= 0.6 is 0 Å². The van der Waals surface area contributed by atoms with Crippen LogP contribution in [-0.4, -0.2) is 48.9 Å². The van der Waals surface area contributed by atoms with Gasteiger partial charge in [0.05, 0.1) is 24.4 Å². The predicted octanol–water partition coefficient (Wildman–Crippen LogP) is 3.19. The van der Waals surface area contributed by atoms with Gasteiger partial charge in [-0.25, -0.2) is 14.6 Å². The maximum Gasteiger partial charge on any atom is 0.338 e. The molecule has 0 aliphatic carbocycles. The molecule has 0 bridgehead atoms. The predicted molar refractivity (Wildman–Crippen MR) is 115 cm³/mol. The Bertz CT molecular complexity index is 844. The van der Waals surface area contributed by atoms with Gasteiger partial charge in [0.1, 0.15) is 5.82 Å². The van der Waals surface area contributed by atoms with Crippen molar-refractivity contribution < 1.29 is 19.1 Å². The molecule has 2 aromatic rings. The summed E-state index contributed by atoms with van der Waals surface area (Å²) in [5.41, 5.74) is 1.93. The van der Waals surface area contributed by atoms with Crippen LogP contribution < -0.4 is 15.5 Å². The first-order chi connectivity index (χ1) is 14.4. The number of carbonyl (C=O) groups is 2. The van der Waals surface area contributed by atoms with Crippen LogP contribution in [0.25, 0.3) is 0 Å². The van der Waals surface area contributed by atoms with E-state index in [1.807, 2.05) is 12.1 Å². The van der Waals surface area contributed by atoms with Gasteiger partial charge in [-0.15, -0.1) is 0 Å². The van der Waals surface area contributed by atoms with Crippen molar-refractivity contribution in [2.75, 3.05) is 29.9 Å². The Morgan fingerprint density at radius 2 is 1.83 bits per heavy atom. The second-order valence-electron chi connectivity index (χ2n) is 7.29. The summed E-state index contributed by atoms with van der Waals surface area (Å²) in [4.78, 5) is 30.5. The minimum absolute atomic E-state index is 0.173. The van der Waals surface area contributed by atoms with Crippen LogP contribution in [0.15, 0.2) is 42.6 Å². The summed E-state index contributed by atoms with van der Waals surface area (Å²) in [7, 11) is 0. The lowest BCUT2D eigenvalue weighted by atomic mass is 10.2. The first-order valence-corrected chi connectivity index (χ1v) is 10.1. The highest BCUT2D eigenvalue weighted by atomic mass is 16.5. The average Bonchev–Trinajstić information content (AvgIpc) is 2.72. The summed E-state index contributed by atoms with van der Waals surface area (Å²) < 4.78 is 10.7. The van der Waals surface area contributed by atoms with Crippen molar-refractivity contribution in [3.05, 3.63) is 53.7 Å². The van der Waals surface area contributed by atoms with Gasteiger partial charge in [0.15, 0.2) is 0 Å². The van der Waals surface area contributed by atoms with E-state index in [1.165, 1.54) is 0 Å². The van der Waals surface area contributed by atoms with E-state index in [-0.39, 0.29) is 24.2 Å². The maximum atomic E-state index is 12.1. The largest absolute Gasteiger partial charge is 0.462 e. The third kappa shape index (κ3) is 5.93. The molecule has 0 unspecified atom stereocenters. The van der Waals surface area contributed by atoms with Crippen molar-refractivity contribution in [2.24, 2.45) is 0 Å². The van der Waals surface area contributed by atoms with E-state index in [4.69, 9.17) is 9.47 Å². The van der Waals surface area contributed by atoms with Gasteiger partial charge >= 0.3 is 12.0 Å². The van der Waals surface area contributed by atoms with Gasteiger partial charge in [0.25, 0.3) is 0 Å². The van der Waals surface area contributed by atoms with E-state index in [9.17, 15) is 9.59 Å². The molecule has 0 spiro atoms. The smallest absolute Gasteiger partial charge is 0.338 e. The number of amides is 2. The number of aromatic nitrogens is 1. The normalized spacial score (nSPS) is 18.6. The molecule has 8 nitrogen and oxygen atoms in total. The standard InChI is InChI=1S/C22H28N4O4/c1-4-29-21(27)18-6-8-19(9-7-18)25-22(28)24-12-17-5-10-20(23-11-17)26-13-15(2)30-16(3)14-26/h5-11,15-16H,4,12-14H2,1-3H3,(H2,24,25,28)/t15-,16+. The molecular weight excluding hydrogens is 384 g/mol. The number of nitrogens with zero attached hydrogens (tertiary/aromatic N) is 2. The fourth-order valence-electron chi connectivity index (χ4n) is 3.33. The number of anilines is 2. The van der Waals surface area contributed by atoms with Gasteiger partial charge in [0, 0.05) is 31.5 Å². The van der Waals surface area contributed by atoms with E-state index >= 15 is 0 Å². The summed E-state index contributed by atoms with van der Waals surface area (Å²) in [5.74, 6) is 0.525. The van der Waals surface area contributed by atoms with Crippen LogP contribution in [0.4, 0.5) is 16.3 Å². The highest BCUT2D eigenvalue weighted by Crippen LogP contribution is 2.18. The monoisotopic (exact) mass is 412 g/mol. The number of ether oxygens (including phenoxy) is 2. The van der Waals surface area contributed by atoms with E-state index in [2.05, 4.69) is 34.4 Å². The molecule has 2 heterocycles. The number of carbonyl (C=O) groups excluding carboxylic acids is 2. The zero-order chi connectivity index (χ0) is 21.5. The molecule has 0 radical (unpaired) electrons. The number of hydrogen-bond donors (Lipinski definition) is 2. The lowest BCUT2D eigenvalue weighted by molar-refractivity contribution is -0.00546. The Balaban J connectivity index is 1.48. The minimum atomic E-state index is -0.384. The van der Waals surface area contributed by atoms with Crippen molar-refractivity contribution in [2.45, 2.75) is 39.5 Å². The van der Waals surface area contributed by atoms with Crippen molar-refractivity contribution in [1.82, 2.24) is 10.3 Å². The second-order valence-corrected chi connectivity index (χ2v) is 7.29. The number of morpholine rings is 1. The number of nitrogens with one attached hydrogen (secondary N) is 2. The molecule has 2 atom stereocenters. The fourth-order valence-corrected chi connectivity index (χ4v) is 3.33. The fraction of sp³-hybridized carbons (Fsp3) is 0.409. The molecule has 8 heteroatoms. The third-order valence-electron chi connectivity index (χ3n) is 4.66. The second kappa shape index (κ2) is 10.1.